The van der Waals surface area contributed by atoms with Crippen molar-refractivity contribution in [1.29, 1.82) is 0 Å². The van der Waals surface area contributed by atoms with Crippen LogP contribution in [0.3, 0.4) is 0 Å². The quantitative estimate of drug-likeness (QED) is 0.257. The molecule has 0 spiro atoms. The zero-order valence-electron chi connectivity index (χ0n) is 22.2. The number of amides is 2. The van der Waals surface area contributed by atoms with E-state index in [4.69, 9.17) is 4.74 Å². The van der Waals surface area contributed by atoms with Crippen LogP contribution in [0.15, 0.2) is 84.9 Å². The third-order valence-electron chi connectivity index (χ3n) is 7.76. The molecule has 3 aromatic carbocycles. The van der Waals surface area contributed by atoms with Crippen LogP contribution in [-0.2, 0) is 16.1 Å². The van der Waals surface area contributed by atoms with Gasteiger partial charge >= 0.3 is 12.1 Å². The van der Waals surface area contributed by atoms with E-state index in [1.54, 1.807) is 0 Å². The molecule has 1 aromatic heterocycles. The number of ether oxygens (including phenoxy) is 1. The summed E-state index contributed by atoms with van der Waals surface area (Å²) in [6.07, 6.45) is -0.445. The first kappa shape index (κ1) is 26.3. The lowest BCUT2D eigenvalue weighted by Gasteiger charge is -2.26. The summed E-state index contributed by atoms with van der Waals surface area (Å²) in [6, 6.07) is 27.2. The van der Waals surface area contributed by atoms with Crippen LogP contribution in [0.25, 0.3) is 11.1 Å². The molecule has 2 amide bonds. The minimum atomic E-state index is -1.43. The maximum absolute atomic E-state index is 13.0. The summed E-state index contributed by atoms with van der Waals surface area (Å²) >= 11 is 0. The van der Waals surface area contributed by atoms with Gasteiger partial charge in [-0.3, -0.25) is 20.1 Å². The molecule has 0 saturated carbocycles. The summed E-state index contributed by atoms with van der Waals surface area (Å²) in [5.41, 5.74) is 4.12. The fourth-order valence-electron chi connectivity index (χ4n) is 5.72. The van der Waals surface area contributed by atoms with Crippen molar-refractivity contribution >= 4 is 23.8 Å². The highest BCUT2D eigenvalue weighted by atomic mass is 16.5. The minimum Gasteiger partial charge on any atom is -0.479 e. The summed E-state index contributed by atoms with van der Waals surface area (Å²) in [7, 11) is 0. The SMILES string of the molecule is O=C(Nc1cc(C(=O)NC2(C(=O)O)CCN(Cc3ccccc3)C2)[nH]n1)OCC1c2ccccc2-c2ccccc21. The van der Waals surface area contributed by atoms with Crippen molar-refractivity contribution in [3.63, 3.8) is 0 Å². The molecule has 10 heteroatoms. The van der Waals surface area contributed by atoms with Gasteiger partial charge in [0.05, 0.1) is 0 Å². The molecule has 1 saturated heterocycles. The fourth-order valence-corrected chi connectivity index (χ4v) is 5.72. The Kier molecular flexibility index (Phi) is 6.98. The molecule has 4 N–H and O–H groups in total. The summed E-state index contributed by atoms with van der Waals surface area (Å²) in [6.45, 7) is 1.42. The Balaban J connectivity index is 1.06. The van der Waals surface area contributed by atoms with Crippen molar-refractivity contribution in [2.45, 2.75) is 24.4 Å². The Morgan fingerprint density at radius 2 is 1.63 bits per heavy atom. The number of aromatic nitrogens is 2. The second-order valence-corrected chi connectivity index (χ2v) is 10.4. The molecular formula is C31H29N5O5. The molecule has 4 aromatic rings. The lowest BCUT2D eigenvalue weighted by molar-refractivity contribution is -0.144. The Morgan fingerprint density at radius 3 is 2.32 bits per heavy atom. The molecule has 208 valence electrons. The largest absolute Gasteiger partial charge is 0.479 e. The van der Waals surface area contributed by atoms with E-state index in [0.717, 1.165) is 27.8 Å². The molecule has 1 unspecified atom stereocenters. The van der Waals surface area contributed by atoms with Gasteiger partial charge in [0.15, 0.2) is 11.4 Å². The van der Waals surface area contributed by atoms with Gasteiger partial charge in [0.2, 0.25) is 0 Å². The number of aliphatic carboxylic acids is 1. The van der Waals surface area contributed by atoms with Gasteiger partial charge in [-0.15, -0.1) is 0 Å². The Hall–Kier alpha value is -4.96. The maximum atomic E-state index is 13.0. The Labute approximate surface area is 236 Å². The van der Waals surface area contributed by atoms with Crippen molar-refractivity contribution in [2.24, 2.45) is 0 Å². The van der Waals surface area contributed by atoms with E-state index < -0.39 is 23.5 Å². The van der Waals surface area contributed by atoms with Crippen LogP contribution in [0.5, 0.6) is 0 Å². The van der Waals surface area contributed by atoms with Crippen LogP contribution in [0.2, 0.25) is 0 Å². The van der Waals surface area contributed by atoms with Crippen LogP contribution in [-0.4, -0.2) is 63.4 Å². The van der Waals surface area contributed by atoms with Crippen LogP contribution >= 0.6 is 0 Å². The molecule has 2 aliphatic rings. The Bertz CT molecular complexity index is 1560. The number of likely N-dealkylation sites (tertiary alicyclic amines) is 1. The number of nitrogens with one attached hydrogen (secondary N) is 3. The number of carbonyl (C=O) groups is 3. The highest BCUT2D eigenvalue weighted by Crippen LogP contribution is 2.44. The van der Waals surface area contributed by atoms with Gasteiger partial charge in [0.25, 0.3) is 5.91 Å². The molecule has 0 radical (unpaired) electrons. The number of nitrogens with zero attached hydrogens (tertiary/aromatic N) is 2. The van der Waals surface area contributed by atoms with E-state index in [1.165, 1.54) is 6.07 Å². The number of hydrogen-bond donors (Lipinski definition) is 4. The van der Waals surface area contributed by atoms with Gasteiger partial charge in [-0.1, -0.05) is 78.9 Å². The van der Waals surface area contributed by atoms with E-state index in [0.29, 0.717) is 13.1 Å². The average Bonchev–Trinajstić information content (AvgIpc) is 3.69. The van der Waals surface area contributed by atoms with E-state index in [-0.39, 0.29) is 37.0 Å². The summed E-state index contributed by atoms with van der Waals surface area (Å²) < 4.78 is 5.54. The molecule has 1 fully saturated rings. The maximum Gasteiger partial charge on any atom is 0.412 e. The third-order valence-corrected chi connectivity index (χ3v) is 7.76. The first-order chi connectivity index (χ1) is 19.9. The number of anilines is 1. The van der Waals surface area contributed by atoms with Gasteiger partial charge in [-0.2, -0.15) is 5.10 Å². The number of benzene rings is 3. The zero-order chi connectivity index (χ0) is 28.4. The predicted octanol–water partition coefficient (Wildman–Crippen LogP) is 4.23. The molecule has 1 atom stereocenters. The molecule has 1 aliphatic heterocycles. The number of carbonyl (C=O) groups excluding carboxylic acids is 2. The minimum absolute atomic E-state index is 0.0288. The molecule has 2 heterocycles. The lowest BCUT2D eigenvalue weighted by atomic mass is 9.98. The second kappa shape index (κ2) is 10.9. The monoisotopic (exact) mass is 551 g/mol. The normalized spacial score (nSPS) is 18.0. The third kappa shape index (κ3) is 5.29. The summed E-state index contributed by atoms with van der Waals surface area (Å²) in [5.74, 6) is -1.72. The summed E-state index contributed by atoms with van der Waals surface area (Å²) in [5, 5.41) is 21.8. The van der Waals surface area contributed by atoms with Crippen molar-refractivity contribution < 1.29 is 24.2 Å². The smallest absolute Gasteiger partial charge is 0.412 e. The van der Waals surface area contributed by atoms with E-state index in [9.17, 15) is 19.5 Å². The number of carboxylic acid groups (broad SMARTS) is 1. The first-order valence-electron chi connectivity index (χ1n) is 13.4. The van der Waals surface area contributed by atoms with Crippen molar-refractivity contribution in [1.82, 2.24) is 20.4 Å². The number of fused-ring (bicyclic) bond motifs is 3. The average molecular weight is 552 g/mol. The molecule has 0 bridgehead atoms. The number of aromatic amines is 1. The van der Waals surface area contributed by atoms with E-state index in [2.05, 4.69) is 33.0 Å². The van der Waals surface area contributed by atoms with Crippen LogP contribution in [0.1, 0.15) is 39.5 Å². The number of rotatable bonds is 8. The van der Waals surface area contributed by atoms with E-state index >= 15 is 0 Å². The van der Waals surface area contributed by atoms with Crippen LogP contribution in [0.4, 0.5) is 10.6 Å². The highest BCUT2D eigenvalue weighted by Gasteiger charge is 2.46. The predicted molar refractivity (Wildman–Crippen MR) is 151 cm³/mol. The fraction of sp³-hybridized carbons (Fsp3) is 0.226. The standard InChI is InChI=1S/C31H29N5O5/c37-28(33-31(29(38)39)14-15-36(19-31)17-20-8-2-1-3-9-20)26-16-27(35-34-26)32-30(40)41-18-25-23-12-6-4-10-21(23)22-11-5-7-13-24(22)25/h1-13,16,25H,14-15,17-19H2,(H,33,37)(H,38,39)(H2,32,34,35,40). The Morgan fingerprint density at radius 1 is 0.976 bits per heavy atom. The van der Waals surface area contributed by atoms with Gasteiger partial charge in [-0.05, 0) is 34.2 Å². The van der Waals surface area contributed by atoms with Crippen LogP contribution < -0.4 is 10.6 Å². The van der Waals surface area contributed by atoms with Crippen molar-refractivity contribution in [3.8, 4) is 11.1 Å². The van der Waals surface area contributed by atoms with Gasteiger partial charge in [0.1, 0.15) is 12.3 Å². The van der Waals surface area contributed by atoms with Gasteiger partial charge < -0.3 is 15.2 Å². The van der Waals surface area contributed by atoms with Gasteiger partial charge in [-0.25, -0.2) is 9.59 Å². The zero-order valence-corrected chi connectivity index (χ0v) is 22.2. The van der Waals surface area contributed by atoms with Crippen molar-refractivity contribution in [2.75, 3.05) is 25.0 Å². The first-order valence-corrected chi connectivity index (χ1v) is 13.4. The topological polar surface area (TPSA) is 137 Å². The second-order valence-electron chi connectivity index (χ2n) is 10.4. The molecule has 10 nitrogen and oxygen atoms in total. The molecule has 6 rings (SSSR count). The number of H-pyrrole nitrogens is 1. The molecular weight excluding hydrogens is 522 g/mol. The van der Waals surface area contributed by atoms with E-state index in [1.807, 2.05) is 71.6 Å². The van der Waals surface area contributed by atoms with Gasteiger partial charge in [0, 0.05) is 31.6 Å². The number of hydrogen-bond acceptors (Lipinski definition) is 6. The lowest BCUT2D eigenvalue weighted by Crippen LogP contribution is -2.56. The van der Waals surface area contributed by atoms with Crippen molar-refractivity contribution in [3.05, 3.63) is 107 Å². The highest BCUT2D eigenvalue weighted by molar-refractivity contribution is 5.98. The molecule has 1 aliphatic carbocycles. The molecule has 41 heavy (non-hydrogen) atoms. The summed E-state index contributed by atoms with van der Waals surface area (Å²) in [4.78, 5) is 39.8. The van der Waals surface area contributed by atoms with Crippen LogP contribution in [0, 0.1) is 0 Å². The number of carboxylic acids is 1.